The molecule has 0 fully saturated rings. The highest BCUT2D eigenvalue weighted by Gasteiger charge is 2.16. The van der Waals surface area contributed by atoms with Crippen molar-refractivity contribution in [2.24, 2.45) is 10.8 Å². The Morgan fingerprint density at radius 2 is 1.44 bits per heavy atom. The van der Waals surface area contributed by atoms with Gasteiger partial charge >= 0.3 is 17.8 Å². The smallest absolute Gasteiger partial charge is 0.343 e. The second-order valence-corrected chi connectivity index (χ2v) is 7.23. The Balaban J connectivity index is 1.67. The Morgan fingerprint density at radius 1 is 0.824 bits per heavy atom. The number of ether oxygens (including phenoxy) is 1. The molecule has 3 rings (SSSR count). The van der Waals surface area contributed by atoms with Gasteiger partial charge in [-0.25, -0.2) is 10.2 Å². The number of hydrazone groups is 1. The molecule has 9 heteroatoms. The molecule has 172 valence electrons. The Hall–Kier alpha value is -4.79. The summed E-state index contributed by atoms with van der Waals surface area (Å²) in [6, 6.07) is 19.5. The Kier molecular flexibility index (Phi) is 7.50. The molecule has 0 unspecified atom stereocenters. The van der Waals surface area contributed by atoms with Gasteiger partial charge in [0.15, 0.2) is 0 Å². The SMILES string of the molecule is C/C(=N\NC(=O)C(=O)Nc1ccc(C(N)=O)cc1)c1ccccc1OC(=O)c1ccccc1C. The third kappa shape index (κ3) is 5.92. The first kappa shape index (κ1) is 23.9. The molecule has 0 aliphatic carbocycles. The molecular formula is C25H22N4O5. The van der Waals surface area contributed by atoms with Gasteiger partial charge in [-0.1, -0.05) is 30.3 Å². The summed E-state index contributed by atoms with van der Waals surface area (Å²) in [6.45, 7) is 3.41. The molecule has 0 radical (unpaired) electrons. The number of esters is 1. The largest absolute Gasteiger partial charge is 0.422 e. The number of carbonyl (C=O) groups is 4. The lowest BCUT2D eigenvalue weighted by molar-refractivity contribution is -0.136. The quantitative estimate of drug-likeness (QED) is 0.171. The molecule has 0 aliphatic rings. The number of carbonyl (C=O) groups excluding carboxylic acids is 4. The molecule has 34 heavy (non-hydrogen) atoms. The molecule has 4 N–H and O–H groups in total. The molecule has 0 atom stereocenters. The van der Waals surface area contributed by atoms with Gasteiger partial charge in [0.2, 0.25) is 5.91 Å². The fourth-order valence-electron chi connectivity index (χ4n) is 2.96. The zero-order valence-electron chi connectivity index (χ0n) is 18.5. The van der Waals surface area contributed by atoms with E-state index in [1.54, 1.807) is 43.3 Å². The van der Waals surface area contributed by atoms with Crippen LogP contribution in [0.25, 0.3) is 0 Å². The van der Waals surface area contributed by atoms with E-state index in [4.69, 9.17) is 10.5 Å². The molecule has 0 heterocycles. The van der Waals surface area contributed by atoms with E-state index in [0.29, 0.717) is 22.5 Å². The van der Waals surface area contributed by atoms with E-state index in [1.807, 2.05) is 19.1 Å². The van der Waals surface area contributed by atoms with Gasteiger partial charge in [0, 0.05) is 16.8 Å². The fourth-order valence-corrected chi connectivity index (χ4v) is 2.96. The van der Waals surface area contributed by atoms with Gasteiger partial charge in [0.25, 0.3) is 0 Å². The van der Waals surface area contributed by atoms with Crippen molar-refractivity contribution in [2.45, 2.75) is 13.8 Å². The van der Waals surface area contributed by atoms with Crippen molar-refractivity contribution in [1.82, 2.24) is 5.43 Å². The van der Waals surface area contributed by atoms with Gasteiger partial charge in [0.1, 0.15) is 5.75 Å². The van der Waals surface area contributed by atoms with Crippen molar-refractivity contribution in [2.75, 3.05) is 5.32 Å². The summed E-state index contributed by atoms with van der Waals surface area (Å²) in [5.41, 5.74) is 9.91. The Labute approximate surface area is 195 Å². The van der Waals surface area contributed by atoms with Crippen LogP contribution in [0.3, 0.4) is 0 Å². The van der Waals surface area contributed by atoms with Gasteiger partial charge in [-0.05, 0) is 61.9 Å². The number of amides is 3. The van der Waals surface area contributed by atoms with Crippen LogP contribution >= 0.6 is 0 Å². The Morgan fingerprint density at radius 3 is 2.09 bits per heavy atom. The predicted octanol–water partition coefficient (Wildman–Crippen LogP) is 2.79. The lowest BCUT2D eigenvalue weighted by Crippen LogP contribution is -2.33. The maximum atomic E-state index is 12.6. The van der Waals surface area contributed by atoms with Crippen LogP contribution in [0.15, 0.2) is 77.9 Å². The summed E-state index contributed by atoms with van der Waals surface area (Å²) < 4.78 is 5.55. The first-order valence-electron chi connectivity index (χ1n) is 10.2. The van der Waals surface area contributed by atoms with Gasteiger partial charge < -0.3 is 15.8 Å². The van der Waals surface area contributed by atoms with Crippen LogP contribution in [-0.2, 0) is 9.59 Å². The second-order valence-electron chi connectivity index (χ2n) is 7.23. The van der Waals surface area contributed by atoms with E-state index in [9.17, 15) is 19.2 Å². The van der Waals surface area contributed by atoms with Gasteiger partial charge in [-0.3, -0.25) is 14.4 Å². The maximum absolute atomic E-state index is 12.6. The fraction of sp³-hybridized carbons (Fsp3) is 0.0800. The lowest BCUT2D eigenvalue weighted by atomic mass is 10.1. The molecule has 0 bridgehead atoms. The minimum atomic E-state index is -1.01. The van der Waals surface area contributed by atoms with Crippen LogP contribution in [0.4, 0.5) is 5.69 Å². The van der Waals surface area contributed by atoms with E-state index in [1.165, 1.54) is 24.3 Å². The van der Waals surface area contributed by atoms with Gasteiger partial charge in [-0.15, -0.1) is 0 Å². The number of rotatable bonds is 6. The van der Waals surface area contributed by atoms with Crippen molar-refractivity contribution in [3.63, 3.8) is 0 Å². The van der Waals surface area contributed by atoms with E-state index in [-0.39, 0.29) is 11.3 Å². The average molecular weight is 458 g/mol. The van der Waals surface area contributed by atoms with Crippen LogP contribution in [-0.4, -0.2) is 29.4 Å². The highest BCUT2D eigenvalue weighted by atomic mass is 16.5. The number of benzene rings is 3. The standard InChI is InChI=1S/C25H22N4O5/c1-15-7-3-4-8-19(15)25(33)34-21-10-6-5-9-20(21)16(2)28-29-24(32)23(31)27-18-13-11-17(12-14-18)22(26)30/h3-14H,1-2H3,(H2,26,30)(H,27,31)(H,29,32)/b28-16+. The monoisotopic (exact) mass is 458 g/mol. The lowest BCUT2D eigenvalue weighted by Gasteiger charge is -2.11. The summed E-state index contributed by atoms with van der Waals surface area (Å²) in [7, 11) is 0. The topological polar surface area (TPSA) is 140 Å². The van der Waals surface area contributed by atoms with Crippen molar-refractivity contribution >= 4 is 35.1 Å². The molecule has 0 aromatic heterocycles. The molecule has 0 saturated carbocycles. The number of hydrogen-bond acceptors (Lipinski definition) is 6. The third-order valence-electron chi connectivity index (χ3n) is 4.80. The zero-order valence-corrected chi connectivity index (χ0v) is 18.5. The number of aryl methyl sites for hydroxylation is 1. The van der Waals surface area contributed by atoms with E-state index in [2.05, 4.69) is 15.8 Å². The first-order valence-corrected chi connectivity index (χ1v) is 10.2. The second kappa shape index (κ2) is 10.7. The number of nitrogens with two attached hydrogens (primary N) is 1. The van der Waals surface area contributed by atoms with Crippen molar-refractivity contribution in [3.8, 4) is 5.75 Å². The maximum Gasteiger partial charge on any atom is 0.343 e. The molecule has 0 saturated heterocycles. The third-order valence-corrected chi connectivity index (χ3v) is 4.80. The van der Waals surface area contributed by atoms with E-state index in [0.717, 1.165) is 5.56 Å². The van der Waals surface area contributed by atoms with Crippen LogP contribution in [0, 0.1) is 6.92 Å². The highest BCUT2D eigenvalue weighted by molar-refractivity contribution is 6.39. The predicted molar refractivity (Wildman–Crippen MR) is 127 cm³/mol. The highest BCUT2D eigenvalue weighted by Crippen LogP contribution is 2.21. The summed E-state index contributed by atoms with van der Waals surface area (Å²) in [4.78, 5) is 48.0. The van der Waals surface area contributed by atoms with Crippen molar-refractivity contribution in [1.29, 1.82) is 0 Å². The van der Waals surface area contributed by atoms with Crippen molar-refractivity contribution in [3.05, 3.63) is 95.1 Å². The number of nitrogens with one attached hydrogen (secondary N) is 2. The number of nitrogens with zero attached hydrogens (tertiary/aromatic N) is 1. The molecule has 0 spiro atoms. The van der Waals surface area contributed by atoms with Crippen LogP contribution in [0.5, 0.6) is 5.75 Å². The zero-order chi connectivity index (χ0) is 24.7. The summed E-state index contributed by atoms with van der Waals surface area (Å²) in [5.74, 6) is -2.84. The minimum Gasteiger partial charge on any atom is -0.422 e. The van der Waals surface area contributed by atoms with Crippen LogP contribution in [0.2, 0.25) is 0 Å². The molecule has 3 aromatic rings. The van der Waals surface area contributed by atoms with E-state index < -0.39 is 23.7 Å². The Bertz CT molecular complexity index is 1280. The van der Waals surface area contributed by atoms with Crippen LogP contribution in [0.1, 0.15) is 38.8 Å². The molecule has 3 amide bonds. The number of hydrogen-bond donors (Lipinski definition) is 3. The summed E-state index contributed by atoms with van der Waals surface area (Å²) >= 11 is 0. The van der Waals surface area contributed by atoms with Gasteiger partial charge in [0.05, 0.1) is 11.3 Å². The first-order chi connectivity index (χ1) is 16.3. The molecular weight excluding hydrogens is 436 g/mol. The van der Waals surface area contributed by atoms with E-state index >= 15 is 0 Å². The van der Waals surface area contributed by atoms with Gasteiger partial charge in [-0.2, -0.15) is 5.10 Å². The molecule has 0 aliphatic heterocycles. The number of para-hydroxylation sites is 1. The summed E-state index contributed by atoms with van der Waals surface area (Å²) in [6.07, 6.45) is 0. The molecule has 9 nitrogen and oxygen atoms in total. The minimum absolute atomic E-state index is 0.255. The average Bonchev–Trinajstić information content (AvgIpc) is 2.83. The number of primary amides is 1. The number of anilines is 1. The molecule has 3 aromatic carbocycles. The van der Waals surface area contributed by atoms with Crippen LogP contribution < -0.4 is 21.2 Å². The normalized spacial score (nSPS) is 10.8. The van der Waals surface area contributed by atoms with Crippen molar-refractivity contribution < 1.29 is 23.9 Å². The summed E-state index contributed by atoms with van der Waals surface area (Å²) in [5, 5.41) is 6.35.